The Morgan fingerprint density at radius 3 is 2.50 bits per heavy atom. The molecule has 1 aromatic carbocycles. The quantitative estimate of drug-likeness (QED) is 0.813. The van der Waals surface area contributed by atoms with Crippen LogP contribution in [0.3, 0.4) is 0 Å². The summed E-state index contributed by atoms with van der Waals surface area (Å²) in [5, 5.41) is 0. The van der Waals surface area contributed by atoms with Gasteiger partial charge in [-0.15, -0.1) is 0 Å². The van der Waals surface area contributed by atoms with Crippen LogP contribution in [0.5, 0.6) is 0 Å². The molecule has 2 fully saturated rings. The van der Waals surface area contributed by atoms with Gasteiger partial charge in [-0.1, -0.05) is 40.5 Å². The zero-order valence-electron chi connectivity index (χ0n) is 13.3. The van der Waals surface area contributed by atoms with Gasteiger partial charge in [0.25, 0.3) is 0 Å². The van der Waals surface area contributed by atoms with Crippen LogP contribution in [-0.4, -0.2) is 41.9 Å². The van der Waals surface area contributed by atoms with E-state index in [1.54, 1.807) is 0 Å². The molecule has 1 aromatic rings. The second-order valence-electron chi connectivity index (χ2n) is 6.68. The van der Waals surface area contributed by atoms with Crippen molar-refractivity contribution in [1.82, 2.24) is 9.80 Å². The number of nitrogens with zero attached hydrogens (tertiary/aromatic N) is 2. The van der Waals surface area contributed by atoms with Gasteiger partial charge in [0, 0.05) is 43.1 Å². The Hall–Kier alpha value is -0.870. The van der Waals surface area contributed by atoms with Gasteiger partial charge >= 0.3 is 0 Å². The number of benzene rings is 1. The maximum atomic E-state index is 12.3. The van der Waals surface area contributed by atoms with Crippen molar-refractivity contribution < 1.29 is 4.79 Å². The summed E-state index contributed by atoms with van der Waals surface area (Å²) in [6, 6.07) is 8.87. The lowest BCUT2D eigenvalue weighted by Gasteiger charge is -2.39. The SMILES string of the molecule is CN(C(=O)C1CCC1)C1CCN(Cc2ccccc2Br)CC1. The van der Waals surface area contributed by atoms with E-state index < -0.39 is 0 Å². The van der Waals surface area contributed by atoms with Gasteiger partial charge in [0.1, 0.15) is 0 Å². The molecule has 2 aliphatic rings. The van der Waals surface area contributed by atoms with E-state index in [1.807, 2.05) is 11.9 Å². The van der Waals surface area contributed by atoms with Crippen LogP contribution in [0.15, 0.2) is 28.7 Å². The van der Waals surface area contributed by atoms with Gasteiger partial charge in [0.2, 0.25) is 5.91 Å². The third-order valence-corrected chi connectivity index (χ3v) is 6.03. The summed E-state index contributed by atoms with van der Waals surface area (Å²) in [4.78, 5) is 16.9. The van der Waals surface area contributed by atoms with Gasteiger partial charge in [-0.2, -0.15) is 0 Å². The lowest BCUT2D eigenvalue weighted by molar-refractivity contribution is -0.139. The Balaban J connectivity index is 1.50. The molecule has 0 bridgehead atoms. The van der Waals surface area contributed by atoms with E-state index in [0.717, 1.165) is 45.3 Å². The van der Waals surface area contributed by atoms with Gasteiger partial charge in [0.05, 0.1) is 0 Å². The van der Waals surface area contributed by atoms with E-state index in [1.165, 1.54) is 16.5 Å². The lowest BCUT2D eigenvalue weighted by atomic mass is 9.84. The fourth-order valence-electron chi connectivity index (χ4n) is 3.46. The molecule has 0 atom stereocenters. The van der Waals surface area contributed by atoms with Crippen molar-refractivity contribution in [2.75, 3.05) is 20.1 Å². The molecule has 1 saturated heterocycles. The Morgan fingerprint density at radius 2 is 1.91 bits per heavy atom. The molecular formula is C18H25BrN2O. The predicted octanol–water partition coefficient (Wildman–Crippen LogP) is 3.67. The molecule has 1 heterocycles. The van der Waals surface area contributed by atoms with Gasteiger partial charge in [-0.25, -0.2) is 0 Å². The van der Waals surface area contributed by atoms with Crippen LogP contribution in [0.25, 0.3) is 0 Å². The lowest BCUT2D eigenvalue weighted by Crippen LogP contribution is -2.48. The Morgan fingerprint density at radius 1 is 1.23 bits per heavy atom. The molecule has 0 N–H and O–H groups in total. The smallest absolute Gasteiger partial charge is 0.225 e. The predicted molar refractivity (Wildman–Crippen MR) is 92.6 cm³/mol. The Labute approximate surface area is 141 Å². The summed E-state index contributed by atoms with van der Waals surface area (Å²) < 4.78 is 1.19. The molecule has 0 aromatic heterocycles. The standard InChI is InChI=1S/C18H25BrN2O/c1-20(18(22)14-6-4-7-14)16-9-11-21(12-10-16)13-15-5-2-3-8-17(15)19/h2-3,5,8,14,16H,4,6-7,9-13H2,1H3. The summed E-state index contributed by atoms with van der Waals surface area (Å²) in [6.07, 6.45) is 5.63. The summed E-state index contributed by atoms with van der Waals surface area (Å²) in [7, 11) is 2.01. The van der Waals surface area contributed by atoms with Crippen LogP contribution >= 0.6 is 15.9 Å². The van der Waals surface area contributed by atoms with E-state index in [2.05, 4.69) is 45.1 Å². The normalized spacial score (nSPS) is 20.6. The highest BCUT2D eigenvalue weighted by Gasteiger charge is 2.32. The van der Waals surface area contributed by atoms with Crippen molar-refractivity contribution in [3.05, 3.63) is 34.3 Å². The summed E-state index contributed by atoms with van der Waals surface area (Å²) in [5.74, 6) is 0.707. The third-order valence-electron chi connectivity index (χ3n) is 5.26. The number of hydrogen-bond acceptors (Lipinski definition) is 2. The molecule has 4 heteroatoms. The van der Waals surface area contributed by atoms with Crippen molar-refractivity contribution in [2.24, 2.45) is 5.92 Å². The Bertz CT molecular complexity index is 522. The number of carbonyl (C=O) groups excluding carboxylic acids is 1. The van der Waals surface area contributed by atoms with Crippen LogP contribution in [-0.2, 0) is 11.3 Å². The minimum absolute atomic E-state index is 0.323. The number of likely N-dealkylation sites (tertiary alicyclic amines) is 1. The first-order valence-electron chi connectivity index (χ1n) is 8.37. The minimum Gasteiger partial charge on any atom is -0.342 e. The average molecular weight is 365 g/mol. The van der Waals surface area contributed by atoms with E-state index >= 15 is 0 Å². The monoisotopic (exact) mass is 364 g/mol. The molecule has 3 rings (SSSR count). The van der Waals surface area contributed by atoms with Crippen LogP contribution < -0.4 is 0 Å². The molecule has 1 aliphatic carbocycles. The Kier molecular flexibility index (Phi) is 5.19. The molecule has 0 spiro atoms. The van der Waals surface area contributed by atoms with Crippen LogP contribution in [0.2, 0.25) is 0 Å². The number of rotatable bonds is 4. The minimum atomic E-state index is 0.323. The van der Waals surface area contributed by atoms with Crippen LogP contribution in [0.1, 0.15) is 37.7 Å². The zero-order valence-corrected chi connectivity index (χ0v) is 14.9. The topological polar surface area (TPSA) is 23.6 Å². The number of amides is 1. The van der Waals surface area contributed by atoms with Crippen LogP contribution in [0.4, 0.5) is 0 Å². The van der Waals surface area contributed by atoms with Crippen LogP contribution in [0, 0.1) is 5.92 Å². The van der Waals surface area contributed by atoms with E-state index in [-0.39, 0.29) is 0 Å². The number of carbonyl (C=O) groups is 1. The molecule has 22 heavy (non-hydrogen) atoms. The fourth-order valence-corrected chi connectivity index (χ4v) is 3.87. The third kappa shape index (κ3) is 3.54. The second kappa shape index (κ2) is 7.14. The van der Waals surface area contributed by atoms with Gasteiger partial charge in [-0.05, 0) is 37.3 Å². The zero-order chi connectivity index (χ0) is 15.5. The fraction of sp³-hybridized carbons (Fsp3) is 0.611. The summed E-state index contributed by atoms with van der Waals surface area (Å²) in [5.41, 5.74) is 1.35. The van der Waals surface area contributed by atoms with Gasteiger partial charge < -0.3 is 4.90 Å². The van der Waals surface area contributed by atoms with E-state index in [4.69, 9.17) is 0 Å². The van der Waals surface area contributed by atoms with Gasteiger partial charge in [-0.3, -0.25) is 9.69 Å². The number of hydrogen-bond donors (Lipinski definition) is 0. The highest BCUT2D eigenvalue weighted by atomic mass is 79.9. The molecule has 1 saturated carbocycles. The molecule has 1 amide bonds. The number of halogens is 1. The first-order chi connectivity index (χ1) is 10.6. The largest absolute Gasteiger partial charge is 0.342 e. The molecule has 0 radical (unpaired) electrons. The maximum Gasteiger partial charge on any atom is 0.225 e. The first kappa shape index (κ1) is 16.0. The van der Waals surface area contributed by atoms with Crippen molar-refractivity contribution in [3.63, 3.8) is 0 Å². The summed E-state index contributed by atoms with van der Waals surface area (Å²) in [6.45, 7) is 3.15. The van der Waals surface area contributed by atoms with Crippen molar-refractivity contribution in [1.29, 1.82) is 0 Å². The number of piperidine rings is 1. The highest BCUT2D eigenvalue weighted by Crippen LogP contribution is 2.30. The molecule has 3 nitrogen and oxygen atoms in total. The molecular weight excluding hydrogens is 340 g/mol. The molecule has 0 unspecified atom stereocenters. The molecule has 120 valence electrons. The molecule has 1 aliphatic heterocycles. The maximum absolute atomic E-state index is 12.3. The average Bonchev–Trinajstić information content (AvgIpc) is 2.48. The summed E-state index contributed by atoms with van der Waals surface area (Å²) >= 11 is 3.63. The first-order valence-corrected chi connectivity index (χ1v) is 9.17. The van der Waals surface area contributed by atoms with Crippen molar-refractivity contribution >= 4 is 21.8 Å². The van der Waals surface area contributed by atoms with E-state index in [9.17, 15) is 4.79 Å². The van der Waals surface area contributed by atoms with Gasteiger partial charge in [0.15, 0.2) is 0 Å². The van der Waals surface area contributed by atoms with Crippen molar-refractivity contribution in [3.8, 4) is 0 Å². The highest BCUT2D eigenvalue weighted by molar-refractivity contribution is 9.10. The second-order valence-corrected chi connectivity index (χ2v) is 7.53. The van der Waals surface area contributed by atoms with Crippen molar-refractivity contribution in [2.45, 2.75) is 44.7 Å². The van der Waals surface area contributed by atoms with E-state index in [0.29, 0.717) is 17.9 Å².